The Morgan fingerprint density at radius 3 is 2.57 bits per heavy atom. The summed E-state index contributed by atoms with van der Waals surface area (Å²) in [5.74, 6) is -1.41. The summed E-state index contributed by atoms with van der Waals surface area (Å²) in [6.45, 7) is 0.257. The van der Waals surface area contributed by atoms with Gasteiger partial charge in [0, 0.05) is 22.6 Å². The summed E-state index contributed by atoms with van der Waals surface area (Å²) in [5.41, 5.74) is 2.01. The van der Waals surface area contributed by atoms with Crippen LogP contribution in [-0.2, 0) is 11.3 Å². The third-order valence-corrected chi connectivity index (χ3v) is 5.59. The summed E-state index contributed by atoms with van der Waals surface area (Å²) < 4.78 is 26.8. The standard InChI is InChI=1S/C23H16F2N2O2S/c24-17-8-5-14(6-9-17)13-26-22(28)16-7-10-20-19(11-16)27-23(29)21(30-20)12-15-3-1-2-4-18(15)25/h1-12H,13H2,(H,26,28)(H,27,29)/b21-12+. The van der Waals surface area contributed by atoms with E-state index in [1.54, 1.807) is 48.5 Å². The average molecular weight is 422 g/mol. The van der Waals surface area contributed by atoms with Gasteiger partial charge in [0.1, 0.15) is 11.6 Å². The van der Waals surface area contributed by atoms with Crippen molar-refractivity contribution in [3.05, 3.63) is 100.0 Å². The molecule has 4 rings (SSSR count). The number of rotatable bonds is 4. The first-order valence-corrected chi connectivity index (χ1v) is 9.93. The van der Waals surface area contributed by atoms with Crippen molar-refractivity contribution in [2.24, 2.45) is 0 Å². The molecular weight excluding hydrogens is 406 g/mol. The van der Waals surface area contributed by atoms with Crippen LogP contribution >= 0.6 is 11.8 Å². The Bertz CT molecular complexity index is 1160. The highest BCUT2D eigenvalue weighted by molar-refractivity contribution is 8.04. The first-order valence-electron chi connectivity index (χ1n) is 9.12. The zero-order valence-corrected chi connectivity index (χ0v) is 16.4. The molecule has 1 aliphatic rings. The van der Waals surface area contributed by atoms with Crippen LogP contribution in [0.1, 0.15) is 21.5 Å². The Labute approximate surface area is 176 Å². The Balaban J connectivity index is 1.49. The van der Waals surface area contributed by atoms with Crippen LogP contribution in [0, 0.1) is 11.6 Å². The molecule has 1 aliphatic heterocycles. The van der Waals surface area contributed by atoms with E-state index in [-0.39, 0.29) is 24.2 Å². The van der Waals surface area contributed by atoms with E-state index in [2.05, 4.69) is 10.6 Å². The minimum Gasteiger partial charge on any atom is -0.348 e. The lowest BCUT2D eigenvalue weighted by molar-refractivity contribution is -0.112. The van der Waals surface area contributed by atoms with E-state index in [1.807, 2.05) is 0 Å². The topological polar surface area (TPSA) is 58.2 Å². The molecule has 0 radical (unpaired) electrons. The smallest absolute Gasteiger partial charge is 0.262 e. The van der Waals surface area contributed by atoms with Crippen molar-refractivity contribution in [3.63, 3.8) is 0 Å². The molecule has 3 aromatic rings. The van der Waals surface area contributed by atoms with Crippen molar-refractivity contribution >= 4 is 35.3 Å². The number of anilines is 1. The fourth-order valence-electron chi connectivity index (χ4n) is 2.92. The lowest BCUT2D eigenvalue weighted by atomic mass is 10.1. The summed E-state index contributed by atoms with van der Waals surface area (Å²) in [6, 6.07) is 17.1. The highest BCUT2D eigenvalue weighted by Crippen LogP contribution is 2.39. The number of fused-ring (bicyclic) bond motifs is 1. The fourth-order valence-corrected chi connectivity index (χ4v) is 3.84. The van der Waals surface area contributed by atoms with Gasteiger partial charge in [-0.1, -0.05) is 42.1 Å². The molecule has 0 fully saturated rings. The summed E-state index contributed by atoms with van der Waals surface area (Å²) in [4.78, 5) is 26.0. The number of benzene rings is 3. The number of amides is 2. The van der Waals surface area contributed by atoms with Crippen molar-refractivity contribution in [1.29, 1.82) is 0 Å². The second kappa shape index (κ2) is 8.51. The maximum absolute atomic E-state index is 13.9. The summed E-state index contributed by atoms with van der Waals surface area (Å²) in [5, 5.41) is 5.52. The molecule has 0 saturated carbocycles. The van der Waals surface area contributed by atoms with Crippen LogP contribution in [0.4, 0.5) is 14.5 Å². The number of carbonyl (C=O) groups is 2. The molecule has 0 saturated heterocycles. The molecule has 0 aliphatic carbocycles. The second-order valence-corrected chi connectivity index (χ2v) is 7.69. The molecule has 30 heavy (non-hydrogen) atoms. The summed E-state index contributed by atoms with van der Waals surface area (Å²) in [7, 11) is 0. The molecule has 0 bridgehead atoms. The molecule has 4 nitrogen and oxygen atoms in total. The van der Waals surface area contributed by atoms with Crippen molar-refractivity contribution in [2.75, 3.05) is 5.32 Å². The number of nitrogens with one attached hydrogen (secondary N) is 2. The first-order chi connectivity index (χ1) is 14.5. The molecule has 150 valence electrons. The van der Waals surface area contributed by atoms with E-state index in [0.717, 1.165) is 10.5 Å². The maximum Gasteiger partial charge on any atom is 0.262 e. The van der Waals surface area contributed by atoms with Crippen LogP contribution in [0.3, 0.4) is 0 Å². The van der Waals surface area contributed by atoms with Gasteiger partial charge in [-0.05, 0) is 48.0 Å². The van der Waals surface area contributed by atoms with Crippen molar-refractivity contribution in [1.82, 2.24) is 5.32 Å². The molecule has 7 heteroatoms. The number of thioether (sulfide) groups is 1. The number of halogens is 2. The first kappa shape index (κ1) is 19.8. The zero-order chi connectivity index (χ0) is 21.1. The van der Waals surface area contributed by atoms with Gasteiger partial charge in [0.05, 0.1) is 10.6 Å². The predicted octanol–water partition coefficient (Wildman–Crippen LogP) is 4.98. The van der Waals surface area contributed by atoms with Gasteiger partial charge >= 0.3 is 0 Å². The zero-order valence-electron chi connectivity index (χ0n) is 15.6. The minimum atomic E-state index is -0.405. The van der Waals surface area contributed by atoms with Gasteiger partial charge < -0.3 is 10.6 Å². The minimum absolute atomic E-state index is 0.257. The predicted molar refractivity (Wildman–Crippen MR) is 113 cm³/mol. The van der Waals surface area contributed by atoms with Gasteiger partial charge in [0.25, 0.3) is 11.8 Å². The normalized spacial score (nSPS) is 14.2. The largest absolute Gasteiger partial charge is 0.348 e. The van der Waals surface area contributed by atoms with Gasteiger partial charge in [-0.3, -0.25) is 9.59 Å². The fraction of sp³-hybridized carbons (Fsp3) is 0.0435. The van der Waals surface area contributed by atoms with E-state index >= 15 is 0 Å². The summed E-state index contributed by atoms with van der Waals surface area (Å²) >= 11 is 1.22. The Kier molecular flexibility index (Phi) is 5.63. The lowest BCUT2D eigenvalue weighted by Crippen LogP contribution is -2.23. The van der Waals surface area contributed by atoms with Crippen LogP contribution in [-0.4, -0.2) is 11.8 Å². The van der Waals surface area contributed by atoms with Gasteiger partial charge in [0.15, 0.2) is 0 Å². The Morgan fingerprint density at radius 1 is 1.03 bits per heavy atom. The number of hydrogen-bond acceptors (Lipinski definition) is 3. The Hall–Kier alpha value is -3.45. The second-order valence-electron chi connectivity index (χ2n) is 6.61. The van der Waals surface area contributed by atoms with Gasteiger partial charge in [0.2, 0.25) is 0 Å². The highest BCUT2D eigenvalue weighted by atomic mass is 32.2. The van der Waals surface area contributed by atoms with Crippen LogP contribution in [0.5, 0.6) is 0 Å². The quantitative estimate of drug-likeness (QED) is 0.583. The Morgan fingerprint density at radius 2 is 1.80 bits per heavy atom. The monoisotopic (exact) mass is 422 g/mol. The maximum atomic E-state index is 13.9. The van der Waals surface area contributed by atoms with E-state index in [1.165, 1.54) is 36.0 Å². The van der Waals surface area contributed by atoms with E-state index in [4.69, 9.17) is 0 Å². The molecule has 0 spiro atoms. The third-order valence-electron chi connectivity index (χ3n) is 4.49. The van der Waals surface area contributed by atoms with Crippen LogP contribution in [0.25, 0.3) is 6.08 Å². The molecule has 0 aromatic heterocycles. The molecular formula is C23H16F2N2O2S. The van der Waals surface area contributed by atoms with Gasteiger partial charge in [-0.2, -0.15) is 0 Å². The average Bonchev–Trinajstić information content (AvgIpc) is 2.75. The van der Waals surface area contributed by atoms with Crippen molar-refractivity contribution < 1.29 is 18.4 Å². The van der Waals surface area contributed by atoms with Crippen LogP contribution < -0.4 is 10.6 Å². The van der Waals surface area contributed by atoms with Crippen molar-refractivity contribution in [3.8, 4) is 0 Å². The van der Waals surface area contributed by atoms with E-state index in [9.17, 15) is 18.4 Å². The van der Waals surface area contributed by atoms with Gasteiger partial charge in [-0.25, -0.2) is 8.78 Å². The molecule has 0 atom stereocenters. The number of hydrogen-bond donors (Lipinski definition) is 2. The van der Waals surface area contributed by atoms with Crippen LogP contribution in [0.2, 0.25) is 0 Å². The van der Waals surface area contributed by atoms with E-state index in [0.29, 0.717) is 21.7 Å². The number of carbonyl (C=O) groups excluding carboxylic acids is 2. The van der Waals surface area contributed by atoms with E-state index < -0.39 is 5.82 Å². The molecule has 2 amide bonds. The molecule has 1 heterocycles. The van der Waals surface area contributed by atoms with Crippen LogP contribution in [0.15, 0.2) is 76.5 Å². The molecule has 3 aromatic carbocycles. The van der Waals surface area contributed by atoms with Gasteiger partial charge in [-0.15, -0.1) is 0 Å². The summed E-state index contributed by atoms with van der Waals surface area (Å²) in [6.07, 6.45) is 1.50. The molecule has 2 N–H and O–H groups in total. The third kappa shape index (κ3) is 4.41. The lowest BCUT2D eigenvalue weighted by Gasteiger charge is -2.19. The molecule has 0 unspecified atom stereocenters. The SMILES string of the molecule is O=C1Nc2cc(C(=O)NCc3ccc(F)cc3)ccc2S/C1=C/c1ccccc1F. The highest BCUT2D eigenvalue weighted by Gasteiger charge is 2.22. The van der Waals surface area contributed by atoms with Crippen molar-refractivity contribution in [2.45, 2.75) is 11.4 Å².